The highest BCUT2D eigenvalue weighted by molar-refractivity contribution is 7.74. The molecule has 0 saturated carbocycles. The van der Waals surface area contributed by atoms with E-state index in [-0.39, 0.29) is 5.66 Å². The fourth-order valence-corrected chi connectivity index (χ4v) is 7.66. The first-order valence-electron chi connectivity index (χ1n) is 10.7. The maximum absolute atomic E-state index is 5.88. The van der Waals surface area contributed by atoms with Crippen molar-refractivity contribution in [1.29, 1.82) is 0 Å². The van der Waals surface area contributed by atoms with E-state index in [1.54, 1.807) is 14.2 Å². The van der Waals surface area contributed by atoms with Crippen LogP contribution in [0.15, 0.2) is 97.1 Å². The van der Waals surface area contributed by atoms with Gasteiger partial charge in [0.05, 0.1) is 14.2 Å². The maximum Gasteiger partial charge on any atom is 0.126 e. The first-order chi connectivity index (χ1) is 15.8. The molecule has 0 atom stereocenters. The maximum atomic E-state index is 5.88. The number of para-hydroxylation sites is 2. The Morgan fingerprint density at radius 2 is 0.938 bits per heavy atom. The highest BCUT2D eigenvalue weighted by atomic mass is 31.1. The summed E-state index contributed by atoms with van der Waals surface area (Å²) in [6.07, 6.45) is 4.48. The smallest absolute Gasteiger partial charge is 0.126 e. The second-order valence-electron chi connectivity index (χ2n) is 7.71. The molecule has 0 heterocycles. The molecule has 1 aliphatic rings. The molecule has 4 aromatic carbocycles. The van der Waals surface area contributed by atoms with Crippen LogP contribution in [0.3, 0.4) is 0 Å². The minimum Gasteiger partial charge on any atom is -0.496 e. The quantitative estimate of drug-likeness (QED) is 0.337. The van der Waals surface area contributed by atoms with Crippen molar-refractivity contribution >= 4 is 30.7 Å². The molecule has 0 spiro atoms. The van der Waals surface area contributed by atoms with Gasteiger partial charge in [0.1, 0.15) is 11.5 Å². The molecular formula is C29H25O2P. The third kappa shape index (κ3) is 3.61. The molecule has 0 N–H and O–H groups in total. The van der Waals surface area contributed by atoms with Gasteiger partial charge in [-0.25, -0.2) is 0 Å². The average Bonchev–Trinajstić information content (AvgIpc) is 3.02. The molecule has 4 aromatic rings. The van der Waals surface area contributed by atoms with Gasteiger partial charge in [-0.1, -0.05) is 97.1 Å². The van der Waals surface area contributed by atoms with Gasteiger partial charge in [-0.15, -0.1) is 0 Å². The lowest BCUT2D eigenvalue weighted by Crippen LogP contribution is -2.21. The largest absolute Gasteiger partial charge is 0.496 e. The third-order valence-corrected chi connectivity index (χ3v) is 8.82. The van der Waals surface area contributed by atoms with Crippen molar-refractivity contribution in [3.8, 4) is 11.5 Å². The number of hydrogen-bond donors (Lipinski definition) is 0. The normalized spacial score (nSPS) is 12.7. The Hall–Kier alpha value is -3.35. The molecule has 158 valence electrons. The van der Waals surface area contributed by atoms with Gasteiger partial charge in [-0.05, 0) is 42.3 Å². The van der Waals surface area contributed by atoms with Crippen LogP contribution < -0.4 is 20.1 Å². The van der Waals surface area contributed by atoms with Crippen LogP contribution in [0.5, 0.6) is 11.5 Å². The van der Waals surface area contributed by atoms with Crippen molar-refractivity contribution < 1.29 is 9.47 Å². The lowest BCUT2D eigenvalue weighted by molar-refractivity contribution is 0.417. The molecule has 0 fully saturated rings. The zero-order valence-corrected chi connectivity index (χ0v) is 19.1. The standard InChI is InChI=1S/C29H25O2P/c1-30-25-15-7-9-17-27(25)32(28-18-10-8-16-26(28)31-2)29-23-13-5-3-11-21(23)19-20-22-12-4-6-14-24(22)29/h3-20,29H,1-2H3. The van der Waals surface area contributed by atoms with Crippen LogP contribution in [0.1, 0.15) is 27.9 Å². The van der Waals surface area contributed by atoms with Gasteiger partial charge in [0, 0.05) is 16.3 Å². The molecule has 1 aliphatic carbocycles. The number of ether oxygens (including phenoxy) is 2. The highest BCUT2D eigenvalue weighted by Crippen LogP contribution is 2.58. The van der Waals surface area contributed by atoms with Crippen molar-refractivity contribution in [1.82, 2.24) is 0 Å². The minimum atomic E-state index is -0.903. The van der Waals surface area contributed by atoms with E-state index in [0.29, 0.717) is 0 Å². The SMILES string of the molecule is COc1ccccc1P(c1ccccc1OC)C1c2ccccc2C=Cc2ccccc21. The van der Waals surface area contributed by atoms with E-state index in [9.17, 15) is 0 Å². The summed E-state index contributed by atoms with van der Waals surface area (Å²) in [7, 11) is 2.61. The van der Waals surface area contributed by atoms with Gasteiger partial charge in [0.2, 0.25) is 0 Å². The Labute approximate surface area is 190 Å². The Kier molecular flexibility index (Phi) is 5.79. The van der Waals surface area contributed by atoms with Crippen LogP contribution in [0.2, 0.25) is 0 Å². The second kappa shape index (κ2) is 9.02. The van der Waals surface area contributed by atoms with E-state index in [4.69, 9.17) is 9.47 Å². The lowest BCUT2D eigenvalue weighted by Gasteiger charge is -2.32. The van der Waals surface area contributed by atoms with E-state index in [1.807, 2.05) is 12.1 Å². The zero-order chi connectivity index (χ0) is 21.9. The third-order valence-electron chi connectivity index (χ3n) is 5.97. The molecule has 5 rings (SSSR count). The van der Waals surface area contributed by atoms with Crippen LogP contribution in [0.4, 0.5) is 0 Å². The summed E-state index contributed by atoms with van der Waals surface area (Å²) < 4.78 is 11.8. The van der Waals surface area contributed by atoms with Crippen LogP contribution in [-0.2, 0) is 0 Å². The Morgan fingerprint density at radius 3 is 1.41 bits per heavy atom. The van der Waals surface area contributed by atoms with E-state index in [0.717, 1.165) is 11.5 Å². The Morgan fingerprint density at radius 1 is 0.531 bits per heavy atom. The van der Waals surface area contributed by atoms with Gasteiger partial charge >= 0.3 is 0 Å². The topological polar surface area (TPSA) is 18.5 Å². The van der Waals surface area contributed by atoms with Crippen molar-refractivity contribution in [2.45, 2.75) is 5.66 Å². The summed E-state index contributed by atoms with van der Waals surface area (Å²) >= 11 is 0. The highest BCUT2D eigenvalue weighted by Gasteiger charge is 2.34. The molecule has 0 unspecified atom stereocenters. The summed E-state index contributed by atoms with van der Waals surface area (Å²) in [6.45, 7) is 0. The molecule has 3 heteroatoms. The number of benzene rings is 4. The first kappa shape index (κ1) is 20.5. The second-order valence-corrected chi connectivity index (χ2v) is 9.93. The fourth-order valence-electron chi connectivity index (χ4n) is 4.51. The van der Waals surface area contributed by atoms with Gasteiger partial charge in [-0.2, -0.15) is 0 Å². The molecule has 0 aliphatic heterocycles. The number of hydrogen-bond acceptors (Lipinski definition) is 2. The average molecular weight is 436 g/mol. The molecule has 32 heavy (non-hydrogen) atoms. The molecule has 0 amide bonds. The lowest BCUT2D eigenvalue weighted by atomic mass is 9.99. The first-order valence-corrected chi connectivity index (χ1v) is 12.1. The van der Waals surface area contributed by atoms with Crippen LogP contribution in [-0.4, -0.2) is 14.2 Å². The predicted octanol–water partition coefficient (Wildman–Crippen LogP) is 6.41. The van der Waals surface area contributed by atoms with Crippen molar-refractivity contribution in [3.63, 3.8) is 0 Å². The van der Waals surface area contributed by atoms with E-state index in [1.165, 1.54) is 32.9 Å². The van der Waals surface area contributed by atoms with Crippen molar-refractivity contribution in [3.05, 3.63) is 119 Å². The number of fused-ring (bicyclic) bond motifs is 2. The summed E-state index contributed by atoms with van der Waals surface area (Å²) in [6, 6.07) is 34.3. The summed E-state index contributed by atoms with van der Waals surface area (Å²) in [5, 5.41) is 2.43. The Bertz CT molecular complexity index is 1180. The monoisotopic (exact) mass is 436 g/mol. The van der Waals surface area contributed by atoms with Gasteiger partial charge in [0.15, 0.2) is 0 Å². The van der Waals surface area contributed by atoms with Crippen molar-refractivity contribution in [2.24, 2.45) is 0 Å². The fraction of sp³-hybridized carbons (Fsp3) is 0.103. The van der Waals surface area contributed by atoms with Crippen LogP contribution >= 0.6 is 7.92 Å². The zero-order valence-electron chi connectivity index (χ0n) is 18.2. The molecule has 2 nitrogen and oxygen atoms in total. The summed E-state index contributed by atoms with van der Waals surface area (Å²) in [5.74, 6) is 1.83. The molecule has 0 radical (unpaired) electrons. The Balaban J connectivity index is 1.86. The predicted molar refractivity (Wildman–Crippen MR) is 136 cm³/mol. The molecule has 0 saturated heterocycles. The van der Waals surface area contributed by atoms with E-state index >= 15 is 0 Å². The number of rotatable bonds is 5. The van der Waals surface area contributed by atoms with E-state index in [2.05, 4.69) is 97.1 Å². The molecule has 0 aromatic heterocycles. The van der Waals surface area contributed by atoms with Gasteiger partial charge in [0.25, 0.3) is 0 Å². The van der Waals surface area contributed by atoms with E-state index < -0.39 is 7.92 Å². The number of methoxy groups -OCH3 is 2. The summed E-state index contributed by atoms with van der Waals surface area (Å²) in [4.78, 5) is 0. The van der Waals surface area contributed by atoms with Crippen molar-refractivity contribution in [2.75, 3.05) is 14.2 Å². The summed E-state index contributed by atoms with van der Waals surface area (Å²) in [5.41, 5.74) is 5.32. The van der Waals surface area contributed by atoms with Crippen LogP contribution in [0, 0.1) is 0 Å². The molecular weight excluding hydrogens is 411 g/mol. The van der Waals surface area contributed by atoms with Crippen LogP contribution in [0.25, 0.3) is 12.2 Å². The molecule has 0 bridgehead atoms. The van der Waals surface area contributed by atoms with Gasteiger partial charge in [-0.3, -0.25) is 0 Å². The minimum absolute atomic E-state index is 0.153. The van der Waals surface area contributed by atoms with Gasteiger partial charge < -0.3 is 9.47 Å².